The highest BCUT2D eigenvalue weighted by Crippen LogP contribution is 2.21. The van der Waals surface area contributed by atoms with Crippen molar-refractivity contribution in [1.82, 2.24) is 25.2 Å². The number of anilines is 1. The molecule has 0 radical (unpaired) electrons. The number of aryl methyl sites for hydroxylation is 3. The van der Waals surface area contributed by atoms with Gasteiger partial charge in [-0.2, -0.15) is 10.1 Å². The maximum Gasteiger partial charge on any atom is 0.250 e. The maximum absolute atomic E-state index is 12.7. The minimum absolute atomic E-state index is 0.0940. The molecule has 0 spiro atoms. The van der Waals surface area contributed by atoms with Crippen LogP contribution in [0.2, 0.25) is 0 Å². The standard InChI is InChI=1S/C16H22N6O3/c1-3-22-15(8-9-17-22)21-10-4-5-12(16(21)24)19-13(23)6-7-14-18-11(2)20-25-14/h8-9,12H,3-7,10H2,1-2H3,(H,19,23)/t12-/m0/s1. The molecule has 2 aromatic heterocycles. The van der Waals surface area contributed by atoms with Crippen molar-refractivity contribution in [3.63, 3.8) is 0 Å². The molecule has 1 aliphatic rings. The quantitative estimate of drug-likeness (QED) is 0.831. The first-order chi connectivity index (χ1) is 12.1. The third-order valence-corrected chi connectivity index (χ3v) is 4.18. The van der Waals surface area contributed by atoms with Gasteiger partial charge in [-0.05, 0) is 26.7 Å². The van der Waals surface area contributed by atoms with Gasteiger partial charge in [-0.3, -0.25) is 14.5 Å². The smallest absolute Gasteiger partial charge is 0.250 e. The molecule has 134 valence electrons. The fourth-order valence-electron chi connectivity index (χ4n) is 2.96. The monoisotopic (exact) mass is 346 g/mol. The van der Waals surface area contributed by atoms with Crippen LogP contribution in [-0.2, 0) is 22.6 Å². The minimum atomic E-state index is -0.508. The van der Waals surface area contributed by atoms with E-state index < -0.39 is 6.04 Å². The fourth-order valence-corrected chi connectivity index (χ4v) is 2.96. The molecule has 9 nitrogen and oxygen atoms in total. The summed E-state index contributed by atoms with van der Waals surface area (Å²) in [5.74, 6) is 1.45. The predicted octanol–water partition coefficient (Wildman–Crippen LogP) is 0.839. The van der Waals surface area contributed by atoms with Gasteiger partial charge in [-0.25, -0.2) is 4.68 Å². The lowest BCUT2D eigenvalue weighted by Crippen LogP contribution is -2.53. The molecule has 0 aliphatic carbocycles. The summed E-state index contributed by atoms with van der Waals surface area (Å²) in [6.45, 7) is 5.03. The van der Waals surface area contributed by atoms with Crippen LogP contribution < -0.4 is 10.2 Å². The Morgan fingerprint density at radius 2 is 2.32 bits per heavy atom. The van der Waals surface area contributed by atoms with Gasteiger partial charge in [0.25, 0.3) is 5.91 Å². The van der Waals surface area contributed by atoms with E-state index in [2.05, 4.69) is 20.6 Å². The topological polar surface area (TPSA) is 106 Å². The van der Waals surface area contributed by atoms with Crippen LogP contribution in [0, 0.1) is 6.92 Å². The number of carbonyl (C=O) groups excluding carboxylic acids is 2. The van der Waals surface area contributed by atoms with Crippen LogP contribution in [-0.4, -0.2) is 44.3 Å². The number of rotatable bonds is 6. The van der Waals surface area contributed by atoms with Gasteiger partial charge in [0, 0.05) is 32.0 Å². The van der Waals surface area contributed by atoms with Crippen molar-refractivity contribution in [2.45, 2.75) is 52.1 Å². The molecule has 2 aromatic rings. The van der Waals surface area contributed by atoms with Crippen LogP contribution in [0.3, 0.4) is 0 Å². The second kappa shape index (κ2) is 7.45. The zero-order valence-corrected chi connectivity index (χ0v) is 14.4. The first kappa shape index (κ1) is 17.1. The Morgan fingerprint density at radius 1 is 1.48 bits per heavy atom. The number of piperidine rings is 1. The van der Waals surface area contributed by atoms with Gasteiger partial charge in [0.05, 0.1) is 6.20 Å². The highest BCUT2D eigenvalue weighted by Gasteiger charge is 2.32. The van der Waals surface area contributed by atoms with Crippen LogP contribution in [0.25, 0.3) is 0 Å². The fraction of sp³-hybridized carbons (Fsp3) is 0.562. The molecule has 25 heavy (non-hydrogen) atoms. The molecule has 1 saturated heterocycles. The van der Waals surface area contributed by atoms with E-state index in [9.17, 15) is 9.59 Å². The summed E-state index contributed by atoms with van der Waals surface area (Å²) in [6, 6.07) is 1.31. The number of hydrogen-bond donors (Lipinski definition) is 1. The van der Waals surface area contributed by atoms with Gasteiger partial charge in [-0.15, -0.1) is 0 Å². The summed E-state index contributed by atoms with van der Waals surface area (Å²) in [5, 5.41) is 10.7. The van der Waals surface area contributed by atoms with Crippen molar-refractivity contribution in [3.05, 3.63) is 24.0 Å². The van der Waals surface area contributed by atoms with Gasteiger partial charge in [0.2, 0.25) is 11.8 Å². The SMILES string of the molecule is CCn1nccc1N1CCC[C@H](NC(=O)CCc2nc(C)no2)C1=O. The first-order valence-corrected chi connectivity index (χ1v) is 8.50. The number of nitrogens with zero attached hydrogens (tertiary/aromatic N) is 5. The first-order valence-electron chi connectivity index (χ1n) is 8.50. The Morgan fingerprint density at radius 3 is 3.04 bits per heavy atom. The number of amides is 2. The average molecular weight is 346 g/mol. The highest BCUT2D eigenvalue weighted by molar-refractivity contribution is 5.99. The second-order valence-corrected chi connectivity index (χ2v) is 5.99. The Hall–Kier alpha value is -2.71. The number of hydrogen-bond acceptors (Lipinski definition) is 6. The third-order valence-electron chi connectivity index (χ3n) is 4.18. The van der Waals surface area contributed by atoms with Crippen LogP contribution in [0.4, 0.5) is 5.82 Å². The summed E-state index contributed by atoms with van der Waals surface area (Å²) < 4.78 is 6.77. The largest absolute Gasteiger partial charge is 0.344 e. The van der Waals surface area contributed by atoms with E-state index in [0.29, 0.717) is 37.6 Å². The van der Waals surface area contributed by atoms with Crippen LogP contribution >= 0.6 is 0 Å². The van der Waals surface area contributed by atoms with Gasteiger partial charge in [0.1, 0.15) is 11.9 Å². The summed E-state index contributed by atoms with van der Waals surface area (Å²) in [4.78, 5) is 30.7. The van der Waals surface area contributed by atoms with Crippen LogP contribution in [0.5, 0.6) is 0 Å². The van der Waals surface area contributed by atoms with E-state index in [1.807, 2.05) is 13.0 Å². The summed E-state index contributed by atoms with van der Waals surface area (Å²) in [5.41, 5.74) is 0. The Kier molecular flexibility index (Phi) is 5.11. The van der Waals surface area contributed by atoms with E-state index in [4.69, 9.17) is 4.52 Å². The Bertz CT molecular complexity index is 753. The van der Waals surface area contributed by atoms with Gasteiger partial charge >= 0.3 is 0 Å². The molecule has 9 heteroatoms. The van der Waals surface area contributed by atoms with Crippen molar-refractivity contribution >= 4 is 17.6 Å². The maximum atomic E-state index is 12.7. The van der Waals surface area contributed by atoms with E-state index in [0.717, 1.165) is 12.2 Å². The molecular weight excluding hydrogens is 324 g/mol. The van der Waals surface area contributed by atoms with E-state index in [1.165, 1.54) is 0 Å². The number of carbonyl (C=O) groups is 2. The molecular formula is C16H22N6O3. The van der Waals surface area contributed by atoms with Crippen molar-refractivity contribution < 1.29 is 14.1 Å². The van der Waals surface area contributed by atoms with E-state index in [-0.39, 0.29) is 18.2 Å². The van der Waals surface area contributed by atoms with Crippen molar-refractivity contribution in [2.24, 2.45) is 0 Å². The Labute approximate surface area is 145 Å². The lowest BCUT2D eigenvalue weighted by Gasteiger charge is -2.32. The number of nitrogens with one attached hydrogen (secondary N) is 1. The zero-order valence-electron chi connectivity index (χ0n) is 14.4. The van der Waals surface area contributed by atoms with Crippen molar-refractivity contribution in [2.75, 3.05) is 11.4 Å². The second-order valence-electron chi connectivity index (χ2n) is 5.99. The summed E-state index contributed by atoms with van der Waals surface area (Å²) in [7, 11) is 0. The van der Waals surface area contributed by atoms with Crippen LogP contribution in [0.15, 0.2) is 16.8 Å². The molecule has 1 atom stereocenters. The van der Waals surface area contributed by atoms with Crippen molar-refractivity contribution in [3.8, 4) is 0 Å². The van der Waals surface area contributed by atoms with Gasteiger partial charge in [0.15, 0.2) is 5.82 Å². The molecule has 1 N–H and O–H groups in total. The molecule has 0 unspecified atom stereocenters. The lowest BCUT2D eigenvalue weighted by molar-refractivity contribution is -0.128. The molecule has 1 fully saturated rings. The Balaban J connectivity index is 1.58. The van der Waals surface area contributed by atoms with Crippen LogP contribution in [0.1, 0.15) is 37.9 Å². The molecule has 0 aromatic carbocycles. The molecule has 0 saturated carbocycles. The van der Waals surface area contributed by atoms with E-state index >= 15 is 0 Å². The lowest BCUT2D eigenvalue weighted by atomic mass is 10.0. The average Bonchev–Trinajstić information content (AvgIpc) is 3.23. The normalized spacial score (nSPS) is 17.8. The molecule has 3 rings (SSSR count). The predicted molar refractivity (Wildman–Crippen MR) is 88.8 cm³/mol. The van der Waals surface area contributed by atoms with Gasteiger partial charge in [-0.1, -0.05) is 5.16 Å². The minimum Gasteiger partial charge on any atom is -0.344 e. The molecule has 2 amide bonds. The van der Waals surface area contributed by atoms with E-state index in [1.54, 1.807) is 22.7 Å². The third kappa shape index (κ3) is 3.86. The van der Waals surface area contributed by atoms with Crippen molar-refractivity contribution in [1.29, 1.82) is 0 Å². The molecule has 1 aliphatic heterocycles. The molecule has 0 bridgehead atoms. The zero-order chi connectivity index (χ0) is 17.8. The summed E-state index contributed by atoms with van der Waals surface area (Å²) >= 11 is 0. The molecule has 3 heterocycles. The highest BCUT2D eigenvalue weighted by atomic mass is 16.5. The van der Waals surface area contributed by atoms with Gasteiger partial charge < -0.3 is 9.84 Å². The summed E-state index contributed by atoms with van der Waals surface area (Å²) in [6.07, 6.45) is 3.72. The number of aromatic nitrogens is 4.